The van der Waals surface area contributed by atoms with Crippen LogP contribution in [-0.2, 0) is 9.59 Å². The van der Waals surface area contributed by atoms with E-state index in [1.165, 1.54) is 0 Å². The maximum absolute atomic E-state index is 11.9. The van der Waals surface area contributed by atoms with E-state index in [4.69, 9.17) is 9.47 Å². The van der Waals surface area contributed by atoms with Gasteiger partial charge in [-0.15, -0.1) is 0 Å². The zero-order valence-electron chi connectivity index (χ0n) is 14.7. The lowest BCUT2D eigenvalue weighted by Crippen LogP contribution is -2.17. The monoisotopic (exact) mass is 399 g/mol. The summed E-state index contributed by atoms with van der Waals surface area (Å²) in [4.78, 5) is 23.3. The number of Topliss-reactive ketones (excluding diaryl/α,β-unsaturated/α-hetero) is 1. The fraction of sp³-hybridized carbons (Fsp3) is 0.556. The maximum Gasteiger partial charge on any atom is 0.231 e. The third-order valence-electron chi connectivity index (χ3n) is 3.49. The van der Waals surface area contributed by atoms with Crippen LogP contribution in [0.4, 0.5) is 5.69 Å². The van der Waals surface area contributed by atoms with Gasteiger partial charge in [0.05, 0.1) is 24.0 Å². The van der Waals surface area contributed by atoms with Gasteiger partial charge in [0.2, 0.25) is 5.91 Å². The third-order valence-corrected chi connectivity index (χ3v) is 4.12. The number of hydrogen-bond donors (Lipinski definition) is 1. The van der Waals surface area contributed by atoms with Gasteiger partial charge in [-0.25, -0.2) is 0 Å². The second-order valence-electron chi connectivity index (χ2n) is 5.76. The summed E-state index contributed by atoms with van der Waals surface area (Å²) in [7, 11) is 0. The molecule has 0 aliphatic rings. The predicted molar refractivity (Wildman–Crippen MR) is 99.3 cm³/mol. The van der Waals surface area contributed by atoms with Crippen molar-refractivity contribution in [2.45, 2.75) is 59.2 Å². The quantitative estimate of drug-likeness (QED) is 0.469. The molecular formula is C18H26BrNO4. The Labute approximate surface area is 152 Å². The SMILES string of the molecule is CCC(C)Oc1cc(NC(=O)CC(=O)CBr)cc(OC(C)CC)c1. The van der Waals surface area contributed by atoms with E-state index in [2.05, 4.69) is 21.2 Å². The first-order valence-corrected chi connectivity index (χ1v) is 9.35. The molecule has 0 aliphatic heterocycles. The number of anilines is 1. The third kappa shape index (κ3) is 7.34. The van der Waals surface area contributed by atoms with Gasteiger partial charge in [-0.1, -0.05) is 29.8 Å². The highest BCUT2D eigenvalue weighted by Crippen LogP contribution is 2.28. The Morgan fingerprint density at radius 2 is 1.54 bits per heavy atom. The van der Waals surface area contributed by atoms with E-state index in [-0.39, 0.29) is 35.6 Å². The smallest absolute Gasteiger partial charge is 0.231 e. The second kappa shape index (κ2) is 10.3. The molecule has 6 heteroatoms. The minimum atomic E-state index is -0.352. The molecule has 0 heterocycles. The van der Waals surface area contributed by atoms with Gasteiger partial charge < -0.3 is 14.8 Å². The van der Waals surface area contributed by atoms with Crippen molar-refractivity contribution >= 4 is 33.3 Å². The molecule has 1 rings (SSSR count). The summed E-state index contributed by atoms with van der Waals surface area (Å²) in [6.07, 6.45) is 1.70. The van der Waals surface area contributed by atoms with Crippen molar-refractivity contribution in [2.24, 2.45) is 0 Å². The van der Waals surface area contributed by atoms with Crippen LogP contribution in [0.1, 0.15) is 47.0 Å². The van der Waals surface area contributed by atoms with Gasteiger partial charge in [0, 0.05) is 23.9 Å². The number of hydrogen-bond acceptors (Lipinski definition) is 4. The molecule has 0 radical (unpaired) electrons. The molecule has 0 aromatic heterocycles. The largest absolute Gasteiger partial charge is 0.491 e. The molecule has 1 aromatic carbocycles. The molecule has 1 amide bonds. The van der Waals surface area contributed by atoms with Gasteiger partial charge in [-0.05, 0) is 26.7 Å². The number of ether oxygens (including phenoxy) is 2. The number of ketones is 1. The minimum absolute atomic E-state index is 0.0578. The lowest BCUT2D eigenvalue weighted by molar-refractivity contribution is -0.123. The van der Waals surface area contributed by atoms with Crippen molar-refractivity contribution in [3.05, 3.63) is 18.2 Å². The zero-order valence-corrected chi connectivity index (χ0v) is 16.3. The Kier molecular flexibility index (Phi) is 8.82. The second-order valence-corrected chi connectivity index (χ2v) is 6.32. The van der Waals surface area contributed by atoms with Gasteiger partial charge in [-0.3, -0.25) is 9.59 Å². The van der Waals surface area contributed by atoms with Crippen LogP contribution >= 0.6 is 15.9 Å². The predicted octanol–water partition coefficient (Wildman–Crippen LogP) is 4.33. The molecule has 0 aliphatic carbocycles. The van der Waals surface area contributed by atoms with Gasteiger partial charge >= 0.3 is 0 Å². The molecule has 0 saturated carbocycles. The van der Waals surface area contributed by atoms with E-state index in [9.17, 15) is 9.59 Å². The first-order valence-electron chi connectivity index (χ1n) is 8.23. The van der Waals surface area contributed by atoms with Crippen molar-refractivity contribution in [1.29, 1.82) is 0 Å². The van der Waals surface area contributed by atoms with Crippen molar-refractivity contribution < 1.29 is 19.1 Å². The molecule has 24 heavy (non-hydrogen) atoms. The number of halogens is 1. The topological polar surface area (TPSA) is 64.6 Å². The van der Waals surface area contributed by atoms with E-state index >= 15 is 0 Å². The average molecular weight is 400 g/mol. The van der Waals surface area contributed by atoms with Crippen LogP contribution in [0.25, 0.3) is 0 Å². The molecule has 0 spiro atoms. The van der Waals surface area contributed by atoms with Gasteiger partial charge in [-0.2, -0.15) is 0 Å². The van der Waals surface area contributed by atoms with Crippen molar-refractivity contribution in [1.82, 2.24) is 0 Å². The maximum atomic E-state index is 11.9. The molecule has 0 saturated heterocycles. The fourth-order valence-electron chi connectivity index (χ4n) is 1.84. The van der Waals surface area contributed by atoms with Gasteiger partial charge in [0.25, 0.3) is 0 Å². The van der Waals surface area contributed by atoms with Crippen molar-refractivity contribution in [3.8, 4) is 11.5 Å². The van der Waals surface area contributed by atoms with Gasteiger partial charge in [0.15, 0.2) is 5.78 Å². The summed E-state index contributed by atoms with van der Waals surface area (Å²) in [5.41, 5.74) is 0.557. The van der Waals surface area contributed by atoms with E-state index in [0.717, 1.165) is 12.8 Å². The number of nitrogens with one attached hydrogen (secondary N) is 1. The van der Waals surface area contributed by atoms with Gasteiger partial charge in [0.1, 0.15) is 11.5 Å². The van der Waals surface area contributed by atoms with Crippen LogP contribution in [-0.4, -0.2) is 29.2 Å². The molecule has 0 fully saturated rings. The highest BCUT2D eigenvalue weighted by atomic mass is 79.9. The van der Waals surface area contributed by atoms with Crippen LogP contribution in [0.5, 0.6) is 11.5 Å². The molecule has 134 valence electrons. The number of carbonyl (C=O) groups is 2. The first-order chi connectivity index (χ1) is 11.4. The van der Waals surface area contributed by atoms with Crippen LogP contribution in [0.2, 0.25) is 0 Å². The molecular weight excluding hydrogens is 374 g/mol. The van der Waals surface area contributed by atoms with Crippen LogP contribution in [0, 0.1) is 0 Å². The van der Waals surface area contributed by atoms with Crippen LogP contribution < -0.4 is 14.8 Å². The standard InChI is InChI=1S/C18H26BrNO4/c1-5-12(3)23-16-7-14(20-18(22)9-15(21)11-19)8-17(10-16)24-13(4)6-2/h7-8,10,12-13H,5-6,9,11H2,1-4H3,(H,20,22). The summed E-state index contributed by atoms with van der Waals surface area (Å²) in [6.45, 7) is 8.04. The van der Waals surface area contributed by atoms with Crippen molar-refractivity contribution in [3.63, 3.8) is 0 Å². The van der Waals surface area contributed by atoms with Crippen LogP contribution in [0.3, 0.4) is 0 Å². The molecule has 0 bridgehead atoms. The highest BCUT2D eigenvalue weighted by Gasteiger charge is 2.12. The molecule has 1 N–H and O–H groups in total. The Morgan fingerprint density at radius 1 is 1.04 bits per heavy atom. The number of alkyl halides is 1. The van der Waals surface area contributed by atoms with E-state index in [1.54, 1.807) is 12.1 Å². The number of carbonyl (C=O) groups excluding carboxylic acids is 2. The molecule has 2 unspecified atom stereocenters. The fourth-order valence-corrected chi connectivity index (χ4v) is 2.04. The van der Waals surface area contributed by atoms with Crippen LogP contribution in [0.15, 0.2) is 18.2 Å². The zero-order chi connectivity index (χ0) is 18.1. The highest BCUT2D eigenvalue weighted by molar-refractivity contribution is 9.09. The molecule has 2 atom stereocenters. The lowest BCUT2D eigenvalue weighted by atomic mass is 10.2. The lowest BCUT2D eigenvalue weighted by Gasteiger charge is -2.18. The first kappa shape index (κ1) is 20.5. The summed E-state index contributed by atoms with van der Waals surface area (Å²) < 4.78 is 11.7. The normalized spacial score (nSPS) is 13.0. The summed E-state index contributed by atoms with van der Waals surface area (Å²) >= 11 is 3.05. The summed E-state index contributed by atoms with van der Waals surface area (Å²) in [5, 5.41) is 2.90. The Bertz CT molecular complexity index is 532. The summed E-state index contributed by atoms with van der Waals surface area (Å²) in [5.74, 6) is 0.741. The Morgan fingerprint density at radius 3 is 1.96 bits per heavy atom. The van der Waals surface area contributed by atoms with E-state index in [1.807, 2.05) is 33.8 Å². The number of rotatable bonds is 10. The molecule has 1 aromatic rings. The van der Waals surface area contributed by atoms with Crippen molar-refractivity contribution in [2.75, 3.05) is 10.6 Å². The average Bonchev–Trinajstić information content (AvgIpc) is 2.53. The van der Waals surface area contributed by atoms with E-state index < -0.39 is 0 Å². The molecule has 5 nitrogen and oxygen atoms in total. The van der Waals surface area contributed by atoms with E-state index in [0.29, 0.717) is 17.2 Å². The Hall–Kier alpha value is -1.56. The summed E-state index contributed by atoms with van der Waals surface area (Å²) in [6, 6.07) is 5.30. The minimum Gasteiger partial charge on any atom is -0.491 e. The number of benzene rings is 1. The number of amides is 1. The Balaban J connectivity index is 2.95.